The second kappa shape index (κ2) is 5.54. The van der Waals surface area contributed by atoms with E-state index in [2.05, 4.69) is 26.7 Å². The zero-order chi connectivity index (χ0) is 14.1. The molecule has 2 aromatic heterocycles. The van der Waals surface area contributed by atoms with Crippen molar-refractivity contribution >= 4 is 33.8 Å². The van der Waals surface area contributed by atoms with Gasteiger partial charge < -0.3 is 10.0 Å². The van der Waals surface area contributed by atoms with Crippen LogP contribution in [0.3, 0.4) is 0 Å². The number of hydrogen-bond acceptors (Lipinski definition) is 5. The summed E-state index contributed by atoms with van der Waals surface area (Å²) >= 11 is 3.00. The SMILES string of the molecule is CCc1nc(N(Cc2ccsc2)C2CC2)sc1C(=O)O. The molecule has 2 heterocycles. The molecule has 2 aromatic rings. The lowest BCUT2D eigenvalue weighted by molar-refractivity contribution is 0.0701. The number of carbonyl (C=O) groups is 1. The van der Waals surface area contributed by atoms with Gasteiger partial charge in [0.05, 0.1) is 5.69 Å². The molecule has 0 unspecified atom stereocenters. The molecule has 20 heavy (non-hydrogen) atoms. The molecule has 0 atom stereocenters. The lowest BCUT2D eigenvalue weighted by Gasteiger charge is -2.20. The third-order valence-electron chi connectivity index (χ3n) is 3.38. The van der Waals surface area contributed by atoms with E-state index in [0.29, 0.717) is 23.0 Å². The molecule has 106 valence electrons. The van der Waals surface area contributed by atoms with E-state index in [-0.39, 0.29) is 0 Å². The van der Waals surface area contributed by atoms with Gasteiger partial charge in [0.2, 0.25) is 0 Å². The number of carboxylic acids is 1. The van der Waals surface area contributed by atoms with Gasteiger partial charge in [0.15, 0.2) is 5.13 Å². The average Bonchev–Trinajstić information content (AvgIpc) is 2.98. The highest BCUT2D eigenvalue weighted by Crippen LogP contribution is 2.37. The summed E-state index contributed by atoms with van der Waals surface area (Å²) in [7, 11) is 0. The van der Waals surface area contributed by atoms with Gasteiger partial charge in [-0.2, -0.15) is 11.3 Å². The minimum atomic E-state index is -0.864. The predicted molar refractivity (Wildman–Crippen MR) is 82.0 cm³/mol. The fraction of sp³-hybridized carbons (Fsp3) is 0.429. The fourth-order valence-corrected chi connectivity index (χ4v) is 3.91. The van der Waals surface area contributed by atoms with Crippen LogP contribution in [0.25, 0.3) is 0 Å². The van der Waals surface area contributed by atoms with E-state index in [4.69, 9.17) is 0 Å². The van der Waals surface area contributed by atoms with Crippen LogP contribution < -0.4 is 4.90 Å². The number of nitrogens with zero attached hydrogens (tertiary/aromatic N) is 2. The topological polar surface area (TPSA) is 53.4 Å². The summed E-state index contributed by atoms with van der Waals surface area (Å²) in [5.74, 6) is -0.864. The normalized spacial score (nSPS) is 14.4. The molecule has 0 aromatic carbocycles. The van der Waals surface area contributed by atoms with Gasteiger partial charge in [-0.3, -0.25) is 0 Å². The Hall–Kier alpha value is -1.40. The minimum Gasteiger partial charge on any atom is -0.477 e. The van der Waals surface area contributed by atoms with Crippen molar-refractivity contribution in [3.05, 3.63) is 33.0 Å². The average molecular weight is 308 g/mol. The van der Waals surface area contributed by atoms with Gasteiger partial charge in [0.25, 0.3) is 0 Å². The maximum Gasteiger partial charge on any atom is 0.347 e. The van der Waals surface area contributed by atoms with E-state index < -0.39 is 5.97 Å². The molecule has 1 saturated carbocycles. The number of carboxylic acid groups (broad SMARTS) is 1. The van der Waals surface area contributed by atoms with Crippen LogP contribution in [0.4, 0.5) is 5.13 Å². The number of aromatic nitrogens is 1. The Morgan fingerprint density at radius 1 is 1.55 bits per heavy atom. The van der Waals surface area contributed by atoms with Crippen molar-refractivity contribution in [2.24, 2.45) is 0 Å². The number of aryl methyl sites for hydroxylation is 1. The Kier molecular flexibility index (Phi) is 3.76. The highest BCUT2D eigenvalue weighted by molar-refractivity contribution is 7.17. The first-order valence-electron chi connectivity index (χ1n) is 6.69. The molecule has 1 N–H and O–H groups in total. The van der Waals surface area contributed by atoms with Gasteiger partial charge in [-0.05, 0) is 41.7 Å². The van der Waals surface area contributed by atoms with Crippen molar-refractivity contribution in [2.75, 3.05) is 4.90 Å². The minimum absolute atomic E-state index is 0.387. The molecule has 4 nitrogen and oxygen atoms in total. The van der Waals surface area contributed by atoms with Crippen LogP contribution in [0.15, 0.2) is 16.8 Å². The summed E-state index contributed by atoms with van der Waals surface area (Å²) in [5.41, 5.74) is 1.97. The maximum absolute atomic E-state index is 11.3. The highest BCUT2D eigenvalue weighted by atomic mass is 32.1. The van der Waals surface area contributed by atoms with Crippen LogP contribution in [-0.4, -0.2) is 22.1 Å². The molecule has 6 heteroatoms. The Labute approximate surface area is 125 Å². The van der Waals surface area contributed by atoms with Gasteiger partial charge in [-0.15, -0.1) is 0 Å². The lowest BCUT2D eigenvalue weighted by Crippen LogP contribution is -2.24. The molecular formula is C14H16N2O2S2. The van der Waals surface area contributed by atoms with Crippen LogP contribution in [0, 0.1) is 0 Å². The molecule has 0 radical (unpaired) electrons. The summed E-state index contributed by atoms with van der Waals surface area (Å²) in [6.45, 7) is 2.77. The van der Waals surface area contributed by atoms with Crippen LogP contribution >= 0.6 is 22.7 Å². The predicted octanol–water partition coefficient (Wildman–Crippen LogP) is 3.63. The molecule has 0 aliphatic heterocycles. The van der Waals surface area contributed by atoms with Crippen molar-refractivity contribution < 1.29 is 9.90 Å². The lowest BCUT2D eigenvalue weighted by atomic mass is 10.3. The third kappa shape index (κ3) is 2.71. The van der Waals surface area contributed by atoms with Crippen LogP contribution in [0.2, 0.25) is 0 Å². The second-order valence-corrected chi connectivity index (χ2v) is 6.68. The summed E-state index contributed by atoms with van der Waals surface area (Å²) in [4.78, 5) is 18.5. The zero-order valence-electron chi connectivity index (χ0n) is 11.2. The number of thiophene rings is 1. The zero-order valence-corrected chi connectivity index (χ0v) is 12.8. The maximum atomic E-state index is 11.3. The number of aromatic carboxylic acids is 1. The Morgan fingerprint density at radius 2 is 2.35 bits per heavy atom. The molecular weight excluding hydrogens is 292 g/mol. The Balaban J connectivity index is 1.89. The standard InChI is InChI=1S/C14H16N2O2S2/c1-2-11-12(13(17)18)20-14(15-11)16(10-3-4-10)7-9-5-6-19-8-9/h5-6,8,10H,2-4,7H2,1H3,(H,17,18). The first kappa shape index (κ1) is 13.6. The molecule has 0 bridgehead atoms. The summed E-state index contributed by atoms with van der Waals surface area (Å²) in [6.07, 6.45) is 3.01. The van der Waals surface area contributed by atoms with Gasteiger partial charge in [-0.1, -0.05) is 18.3 Å². The van der Waals surface area contributed by atoms with Gasteiger partial charge in [-0.25, -0.2) is 9.78 Å². The van der Waals surface area contributed by atoms with Crippen LogP contribution in [-0.2, 0) is 13.0 Å². The van der Waals surface area contributed by atoms with Crippen molar-refractivity contribution in [3.63, 3.8) is 0 Å². The summed E-state index contributed by atoms with van der Waals surface area (Å²) in [5, 5.41) is 14.3. The molecule has 0 saturated heterocycles. The summed E-state index contributed by atoms with van der Waals surface area (Å²) in [6, 6.07) is 2.64. The fourth-order valence-electron chi connectivity index (χ4n) is 2.19. The molecule has 3 rings (SSSR count). The Morgan fingerprint density at radius 3 is 2.85 bits per heavy atom. The van der Waals surface area contributed by atoms with Gasteiger partial charge >= 0.3 is 5.97 Å². The van der Waals surface area contributed by atoms with Crippen molar-refractivity contribution in [3.8, 4) is 0 Å². The number of thiazole rings is 1. The summed E-state index contributed by atoms with van der Waals surface area (Å²) < 4.78 is 0. The smallest absolute Gasteiger partial charge is 0.347 e. The Bertz CT molecular complexity index is 603. The number of anilines is 1. The van der Waals surface area contributed by atoms with Crippen LogP contribution in [0.1, 0.15) is 40.7 Å². The first-order valence-corrected chi connectivity index (χ1v) is 8.45. The molecule has 1 aliphatic rings. The monoisotopic (exact) mass is 308 g/mol. The van der Waals surface area contributed by atoms with E-state index in [1.165, 1.54) is 29.7 Å². The van der Waals surface area contributed by atoms with E-state index in [0.717, 1.165) is 11.7 Å². The third-order valence-corrected chi connectivity index (χ3v) is 5.24. The molecule has 1 aliphatic carbocycles. The quantitative estimate of drug-likeness (QED) is 0.885. The van der Waals surface area contributed by atoms with Crippen molar-refractivity contribution in [1.82, 2.24) is 4.98 Å². The van der Waals surface area contributed by atoms with E-state index in [9.17, 15) is 9.90 Å². The first-order chi connectivity index (χ1) is 9.69. The highest BCUT2D eigenvalue weighted by Gasteiger charge is 2.32. The molecule has 0 spiro atoms. The van der Waals surface area contributed by atoms with Crippen molar-refractivity contribution in [2.45, 2.75) is 38.8 Å². The van der Waals surface area contributed by atoms with E-state index >= 15 is 0 Å². The second-order valence-electron chi connectivity index (χ2n) is 4.92. The molecule has 1 fully saturated rings. The van der Waals surface area contributed by atoms with E-state index in [1.807, 2.05) is 6.92 Å². The van der Waals surface area contributed by atoms with Crippen molar-refractivity contribution in [1.29, 1.82) is 0 Å². The van der Waals surface area contributed by atoms with Crippen LogP contribution in [0.5, 0.6) is 0 Å². The van der Waals surface area contributed by atoms with Gasteiger partial charge in [0.1, 0.15) is 4.88 Å². The van der Waals surface area contributed by atoms with E-state index in [1.54, 1.807) is 11.3 Å². The largest absolute Gasteiger partial charge is 0.477 e. The number of rotatable bonds is 6. The van der Waals surface area contributed by atoms with Gasteiger partial charge in [0, 0.05) is 12.6 Å². The molecule has 0 amide bonds. The number of hydrogen-bond donors (Lipinski definition) is 1.